The summed E-state index contributed by atoms with van der Waals surface area (Å²) in [5.74, 6) is -2.08. The van der Waals surface area contributed by atoms with Gasteiger partial charge in [-0.25, -0.2) is 4.79 Å². The standard InChI is InChI=1S/C22H26ClNO5.C2HF3O2/c1-24-14-4-2-12(3-5-14)8-13-9-16(15-6-7-28-22(15)20(13)23)18-10-17(26)21(27)19(11-25)29-18;3-2(4,5)1(6)7/h2-5,9,17-19,21,24-27H,6-8,10-11H2,1H3;(H,6,7)/t17?,18?,19?,21-;/m0./s1. The van der Waals surface area contributed by atoms with E-state index >= 15 is 0 Å². The van der Waals surface area contributed by atoms with Crippen LogP contribution in [0.25, 0.3) is 0 Å². The van der Waals surface area contributed by atoms with Gasteiger partial charge in [0.25, 0.3) is 0 Å². The number of anilines is 1. The Morgan fingerprint density at radius 3 is 2.42 bits per heavy atom. The average molecular weight is 534 g/mol. The molecular weight excluding hydrogens is 507 g/mol. The lowest BCUT2D eigenvalue weighted by atomic mass is 9.89. The van der Waals surface area contributed by atoms with Crippen molar-refractivity contribution in [3.05, 3.63) is 57.6 Å². The molecule has 12 heteroatoms. The van der Waals surface area contributed by atoms with Crippen LogP contribution >= 0.6 is 11.6 Å². The number of halogens is 4. The van der Waals surface area contributed by atoms with Crippen molar-refractivity contribution in [2.75, 3.05) is 25.6 Å². The van der Waals surface area contributed by atoms with E-state index in [1.807, 2.05) is 25.2 Å². The van der Waals surface area contributed by atoms with Crippen molar-refractivity contribution >= 4 is 23.3 Å². The van der Waals surface area contributed by atoms with Gasteiger partial charge in [-0.15, -0.1) is 0 Å². The molecular formula is C24H27ClF3NO7. The van der Waals surface area contributed by atoms with E-state index in [2.05, 4.69) is 17.4 Å². The van der Waals surface area contributed by atoms with Crippen LogP contribution in [0, 0.1) is 0 Å². The highest BCUT2D eigenvalue weighted by Gasteiger charge is 2.39. The summed E-state index contributed by atoms with van der Waals surface area (Å²) in [6.07, 6.45) is -6.81. The maximum atomic E-state index is 10.6. The summed E-state index contributed by atoms with van der Waals surface area (Å²) in [6, 6.07) is 10.2. The second-order valence-corrected chi connectivity index (χ2v) is 8.79. The summed E-state index contributed by atoms with van der Waals surface area (Å²) in [7, 11) is 1.88. The second-order valence-electron chi connectivity index (χ2n) is 8.41. The molecule has 2 aliphatic heterocycles. The van der Waals surface area contributed by atoms with Crippen LogP contribution < -0.4 is 10.1 Å². The number of aliphatic carboxylic acids is 1. The fourth-order valence-corrected chi connectivity index (χ4v) is 4.43. The second kappa shape index (κ2) is 11.7. The van der Waals surface area contributed by atoms with Crippen LogP contribution in [0.2, 0.25) is 5.02 Å². The van der Waals surface area contributed by atoms with Gasteiger partial charge < -0.3 is 35.2 Å². The quantitative estimate of drug-likeness (QED) is 0.397. The first kappa shape index (κ1) is 28.0. The smallest absolute Gasteiger partial charge is 0.490 e. The highest BCUT2D eigenvalue weighted by molar-refractivity contribution is 6.33. The Morgan fingerprint density at radius 1 is 1.22 bits per heavy atom. The predicted octanol–water partition coefficient (Wildman–Crippen LogP) is 3.08. The lowest BCUT2D eigenvalue weighted by molar-refractivity contribution is -0.192. The molecule has 36 heavy (non-hydrogen) atoms. The van der Waals surface area contributed by atoms with E-state index in [1.165, 1.54) is 0 Å². The molecule has 0 saturated carbocycles. The summed E-state index contributed by atoms with van der Waals surface area (Å²) >= 11 is 6.67. The molecule has 2 aliphatic rings. The molecule has 8 nitrogen and oxygen atoms in total. The molecule has 0 aromatic heterocycles. The van der Waals surface area contributed by atoms with E-state index in [0.717, 1.165) is 27.9 Å². The third-order valence-corrected chi connectivity index (χ3v) is 6.42. The number of hydrogen-bond donors (Lipinski definition) is 5. The van der Waals surface area contributed by atoms with Gasteiger partial charge in [0.2, 0.25) is 0 Å². The number of carbonyl (C=O) groups is 1. The van der Waals surface area contributed by atoms with Crippen LogP contribution in [-0.4, -0.2) is 71.1 Å². The Labute approximate surface area is 210 Å². The van der Waals surface area contributed by atoms with Gasteiger partial charge in [-0.05, 0) is 35.2 Å². The largest absolute Gasteiger partial charge is 0.491 e. The van der Waals surface area contributed by atoms with Crippen LogP contribution in [0.4, 0.5) is 18.9 Å². The van der Waals surface area contributed by atoms with Gasteiger partial charge in [0.1, 0.15) is 18.0 Å². The summed E-state index contributed by atoms with van der Waals surface area (Å²) in [5, 5.41) is 40.7. The normalized spacial score (nSPS) is 23.2. The average Bonchev–Trinajstić information content (AvgIpc) is 3.33. The zero-order valence-electron chi connectivity index (χ0n) is 19.3. The molecule has 1 saturated heterocycles. The topological polar surface area (TPSA) is 128 Å². The Morgan fingerprint density at radius 2 is 1.86 bits per heavy atom. The van der Waals surface area contributed by atoms with Crippen molar-refractivity contribution in [1.82, 2.24) is 0 Å². The summed E-state index contributed by atoms with van der Waals surface area (Å²) in [5.41, 5.74) is 4.96. The predicted molar refractivity (Wildman–Crippen MR) is 124 cm³/mol. The fourth-order valence-electron chi connectivity index (χ4n) is 4.14. The molecule has 0 radical (unpaired) electrons. The third-order valence-electron chi connectivity index (χ3n) is 6.01. The minimum atomic E-state index is -5.08. The first-order valence-electron chi connectivity index (χ1n) is 11.1. The van der Waals surface area contributed by atoms with E-state index in [1.54, 1.807) is 0 Å². The van der Waals surface area contributed by atoms with Crippen molar-refractivity contribution in [2.24, 2.45) is 0 Å². The van der Waals surface area contributed by atoms with Gasteiger partial charge in [0, 0.05) is 31.1 Å². The lowest BCUT2D eigenvalue weighted by Gasteiger charge is -2.37. The number of aliphatic hydroxyl groups excluding tert-OH is 3. The molecule has 0 spiro atoms. The molecule has 4 rings (SSSR count). The molecule has 1 fully saturated rings. The van der Waals surface area contributed by atoms with Crippen LogP contribution in [0.5, 0.6) is 5.75 Å². The van der Waals surface area contributed by atoms with E-state index in [4.69, 9.17) is 31.0 Å². The first-order chi connectivity index (χ1) is 17.0. The van der Waals surface area contributed by atoms with E-state index < -0.39 is 36.6 Å². The van der Waals surface area contributed by atoms with Crippen molar-refractivity contribution in [1.29, 1.82) is 0 Å². The molecule has 2 aromatic rings. The van der Waals surface area contributed by atoms with Crippen molar-refractivity contribution in [3.8, 4) is 5.75 Å². The molecule has 0 amide bonds. The highest BCUT2D eigenvalue weighted by Crippen LogP contribution is 2.44. The van der Waals surface area contributed by atoms with E-state index in [-0.39, 0.29) is 13.0 Å². The van der Waals surface area contributed by atoms with Gasteiger partial charge in [-0.2, -0.15) is 13.2 Å². The molecule has 3 unspecified atom stereocenters. The molecule has 5 N–H and O–H groups in total. The number of fused-ring (bicyclic) bond motifs is 1. The number of alkyl halides is 3. The number of aliphatic hydroxyl groups is 3. The maximum absolute atomic E-state index is 10.6. The minimum Gasteiger partial charge on any atom is -0.491 e. The van der Waals surface area contributed by atoms with E-state index in [0.29, 0.717) is 30.2 Å². The molecule has 0 bridgehead atoms. The van der Waals surface area contributed by atoms with Gasteiger partial charge in [0.15, 0.2) is 0 Å². The number of carboxylic acids is 1. The van der Waals surface area contributed by atoms with Crippen molar-refractivity contribution in [3.63, 3.8) is 0 Å². The molecule has 4 atom stereocenters. The van der Waals surface area contributed by atoms with Gasteiger partial charge in [-0.1, -0.05) is 29.8 Å². The summed E-state index contributed by atoms with van der Waals surface area (Å²) in [4.78, 5) is 8.90. The highest BCUT2D eigenvalue weighted by atomic mass is 35.5. The lowest BCUT2D eigenvalue weighted by Crippen LogP contribution is -2.47. The zero-order chi connectivity index (χ0) is 26.6. The van der Waals surface area contributed by atoms with Crippen LogP contribution in [0.15, 0.2) is 30.3 Å². The molecule has 2 heterocycles. The fraction of sp³-hybridized carbons (Fsp3) is 0.458. The van der Waals surface area contributed by atoms with Gasteiger partial charge in [-0.3, -0.25) is 0 Å². The Bertz CT molecular complexity index is 1070. The molecule has 198 valence electrons. The SMILES string of the molecule is CNc1ccc(Cc2cc(C3CC(O)[C@H](O)C(CO)O3)c3c(c2Cl)OCC3)cc1.O=C(O)C(F)(F)F. The third kappa shape index (κ3) is 6.40. The first-order valence-corrected chi connectivity index (χ1v) is 11.5. The Kier molecular flexibility index (Phi) is 9.07. The number of benzene rings is 2. The zero-order valence-corrected chi connectivity index (χ0v) is 20.0. The summed E-state index contributed by atoms with van der Waals surface area (Å²) in [6.45, 7) is 0.190. The van der Waals surface area contributed by atoms with Gasteiger partial charge >= 0.3 is 12.1 Å². The number of rotatable bonds is 5. The maximum Gasteiger partial charge on any atom is 0.490 e. The van der Waals surface area contributed by atoms with Crippen LogP contribution in [0.3, 0.4) is 0 Å². The number of nitrogens with one attached hydrogen (secondary N) is 1. The van der Waals surface area contributed by atoms with Gasteiger partial charge in [0.05, 0.1) is 30.4 Å². The number of carboxylic acid groups (broad SMARTS) is 1. The minimum absolute atomic E-state index is 0.252. The summed E-state index contributed by atoms with van der Waals surface area (Å²) < 4.78 is 43.5. The van der Waals surface area contributed by atoms with Crippen LogP contribution in [0.1, 0.15) is 34.8 Å². The van der Waals surface area contributed by atoms with E-state index in [9.17, 15) is 28.5 Å². The van der Waals surface area contributed by atoms with Crippen molar-refractivity contribution in [2.45, 2.75) is 49.9 Å². The monoisotopic (exact) mass is 533 g/mol. The number of ether oxygens (including phenoxy) is 2. The van der Waals surface area contributed by atoms with Crippen molar-refractivity contribution < 1.29 is 47.9 Å². The Hall–Kier alpha value is -2.57. The molecule has 0 aliphatic carbocycles. The molecule has 2 aromatic carbocycles. The van der Waals surface area contributed by atoms with Crippen LogP contribution in [-0.2, 0) is 22.4 Å². The number of hydrogen-bond acceptors (Lipinski definition) is 7. The Balaban J connectivity index is 0.000000454.